The van der Waals surface area contributed by atoms with Gasteiger partial charge in [0.15, 0.2) is 11.5 Å². The second-order valence-corrected chi connectivity index (χ2v) is 6.54. The van der Waals surface area contributed by atoms with Crippen LogP contribution in [0, 0.1) is 10.1 Å². The number of amides is 1. The number of hydrogen-bond donors (Lipinski definition) is 1. The predicted octanol–water partition coefficient (Wildman–Crippen LogP) is 3.02. The van der Waals surface area contributed by atoms with Gasteiger partial charge in [-0.05, 0) is 18.2 Å². The van der Waals surface area contributed by atoms with Gasteiger partial charge in [-0.2, -0.15) is 9.61 Å². The normalized spacial score (nSPS) is 10.9. The van der Waals surface area contributed by atoms with Crippen molar-refractivity contribution in [3.8, 4) is 11.3 Å². The molecule has 0 unspecified atom stereocenters. The highest BCUT2D eigenvalue weighted by Gasteiger charge is 2.13. The van der Waals surface area contributed by atoms with Crippen molar-refractivity contribution in [3.63, 3.8) is 0 Å². The van der Waals surface area contributed by atoms with Crippen molar-refractivity contribution in [3.05, 3.63) is 64.9 Å². The molecule has 3 heterocycles. The van der Waals surface area contributed by atoms with Gasteiger partial charge in [0.05, 0.1) is 22.6 Å². The van der Waals surface area contributed by atoms with E-state index in [1.165, 1.54) is 22.9 Å². The Kier molecular flexibility index (Phi) is 4.72. The molecule has 11 heteroatoms. The van der Waals surface area contributed by atoms with Gasteiger partial charge in [0.25, 0.3) is 5.69 Å². The number of nitro groups is 1. The van der Waals surface area contributed by atoms with Gasteiger partial charge >= 0.3 is 0 Å². The van der Waals surface area contributed by atoms with E-state index in [1.54, 1.807) is 36.4 Å². The molecule has 4 aromatic rings. The molecule has 0 aliphatic carbocycles. The molecule has 1 aromatic carbocycles. The Bertz CT molecular complexity index is 1160. The maximum Gasteiger partial charge on any atom is 0.270 e. The lowest BCUT2D eigenvalue weighted by atomic mass is 10.1. The average Bonchev–Trinajstić information content (AvgIpc) is 3.35. The molecule has 0 fully saturated rings. The first-order valence-electron chi connectivity index (χ1n) is 8.03. The maximum absolute atomic E-state index is 12.0. The molecule has 1 N–H and O–H groups in total. The molecule has 0 spiro atoms. The van der Waals surface area contributed by atoms with Gasteiger partial charge in [-0.1, -0.05) is 23.9 Å². The van der Waals surface area contributed by atoms with Crippen LogP contribution in [0.4, 0.5) is 11.6 Å². The number of non-ortho nitro benzene ring substituents is 1. The quantitative estimate of drug-likeness (QED) is 0.299. The van der Waals surface area contributed by atoms with Crippen LogP contribution in [0.1, 0.15) is 0 Å². The molecule has 28 heavy (non-hydrogen) atoms. The second-order valence-electron chi connectivity index (χ2n) is 5.59. The first kappa shape index (κ1) is 17.7. The molecule has 3 aromatic heterocycles. The number of furan rings is 1. The average molecular weight is 396 g/mol. The zero-order valence-electron chi connectivity index (χ0n) is 14.2. The van der Waals surface area contributed by atoms with Gasteiger partial charge < -0.3 is 4.42 Å². The highest BCUT2D eigenvalue weighted by molar-refractivity contribution is 7.99. The Morgan fingerprint density at radius 3 is 2.89 bits per heavy atom. The van der Waals surface area contributed by atoms with Gasteiger partial charge in [0.1, 0.15) is 0 Å². The Labute approximate surface area is 161 Å². The standard InChI is InChI=1S/C17H12N6O4S/c24-15(18-16-5-2-8-27-16)10-28-17-20-19-14-7-6-13(21-22(14)17)11-3-1-4-12(9-11)23(25)26/h1-9H,10H2,(H,18,24). The fourth-order valence-electron chi connectivity index (χ4n) is 2.45. The largest absolute Gasteiger partial charge is 0.449 e. The van der Waals surface area contributed by atoms with E-state index in [-0.39, 0.29) is 17.3 Å². The minimum Gasteiger partial charge on any atom is -0.449 e. The monoisotopic (exact) mass is 396 g/mol. The number of fused-ring (bicyclic) bond motifs is 1. The molecule has 4 rings (SSSR count). The van der Waals surface area contributed by atoms with Crippen molar-refractivity contribution in [2.45, 2.75) is 5.16 Å². The van der Waals surface area contributed by atoms with Crippen molar-refractivity contribution in [2.75, 3.05) is 11.1 Å². The summed E-state index contributed by atoms with van der Waals surface area (Å²) < 4.78 is 6.57. The number of nitrogens with one attached hydrogen (secondary N) is 1. The third-order valence-corrected chi connectivity index (χ3v) is 4.62. The zero-order chi connectivity index (χ0) is 19.5. The summed E-state index contributed by atoms with van der Waals surface area (Å²) >= 11 is 1.16. The lowest BCUT2D eigenvalue weighted by molar-refractivity contribution is -0.384. The number of nitrogens with zero attached hydrogens (tertiary/aromatic N) is 5. The maximum atomic E-state index is 12.0. The van der Waals surface area contributed by atoms with Crippen LogP contribution in [0.5, 0.6) is 0 Å². The Hall–Kier alpha value is -3.73. The SMILES string of the molecule is O=C(CSc1nnc2ccc(-c3cccc([N+](=O)[O-])c3)nn12)Nc1ccco1. The smallest absolute Gasteiger partial charge is 0.270 e. The van der Waals surface area contributed by atoms with E-state index < -0.39 is 4.92 Å². The number of hydrogen-bond acceptors (Lipinski definition) is 8. The van der Waals surface area contributed by atoms with Crippen molar-refractivity contribution < 1.29 is 14.1 Å². The molecule has 0 saturated carbocycles. The summed E-state index contributed by atoms with van der Waals surface area (Å²) in [5, 5.41) is 26.6. The van der Waals surface area contributed by atoms with Gasteiger partial charge in [0, 0.05) is 23.8 Å². The number of carbonyl (C=O) groups is 1. The zero-order valence-corrected chi connectivity index (χ0v) is 15.0. The number of rotatable bonds is 6. The highest BCUT2D eigenvalue weighted by atomic mass is 32.2. The van der Waals surface area contributed by atoms with Crippen molar-refractivity contribution in [1.29, 1.82) is 0 Å². The van der Waals surface area contributed by atoms with Crippen LogP contribution in [0.2, 0.25) is 0 Å². The van der Waals surface area contributed by atoms with E-state index in [0.717, 1.165) is 11.8 Å². The van der Waals surface area contributed by atoms with Gasteiger partial charge in [-0.25, -0.2) is 0 Å². The van der Waals surface area contributed by atoms with Gasteiger partial charge in [-0.15, -0.1) is 10.2 Å². The molecular formula is C17H12N6O4S. The third-order valence-electron chi connectivity index (χ3n) is 3.70. The van der Waals surface area contributed by atoms with Crippen LogP contribution in [-0.4, -0.2) is 36.4 Å². The Morgan fingerprint density at radius 1 is 1.21 bits per heavy atom. The van der Waals surface area contributed by atoms with E-state index >= 15 is 0 Å². The van der Waals surface area contributed by atoms with Crippen molar-refractivity contribution in [2.24, 2.45) is 0 Å². The minimum atomic E-state index is -0.459. The fraction of sp³-hybridized carbons (Fsp3) is 0.0588. The van der Waals surface area contributed by atoms with E-state index in [9.17, 15) is 14.9 Å². The second kappa shape index (κ2) is 7.48. The van der Waals surface area contributed by atoms with Crippen LogP contribution in [0.25, 0.3) is 16.9 Å². The Balaban J connectivity index is 1.55. The summed E-state index contributed by atoms with van der Waals surface area (Å²) in [6.45, 7) is 0. The number of anilines is 1. The molecule has 0 aliphatic heterocycles. The highest BCUT2D eigenvalue weighted by Crippen LogP contribution is 2.24. The van der Waals surface area contributed by atoms with Crippen LogP contribution in [0.15, 0.2) is 64.4 Å². The lowest BCUT2D eigenvalue weighted by Gasteiger charge is -2.03. The molecule has 140 valence electrons. The molecule has 10 nitrogen and oxygen atoms in total. The lowest BCUT2D eigenvalue weighted by Crippen LogP contribution is -2.13. The predicted molar refractivity (Wildman–Crippen MR) is 101 cm³/mol. The van der Waals surface area contributed by atoms with Crippen LogP contribution >= 0.6 is 11.8 Å². The van der Waals surface area contributed by atoms with Gasteiger partial charge in [0.2, 0.25) is 11.1 Å². The summed E-state index contributed by atoms with van der Waals surface area (Å²) in [4.78, 5) is 22.5. The minimum absolute atomic E-state index is 0.0210. The molecule has 0 atom stereocenters. The summed E-state index contributed by atoms with van der Waals surface area (Å²) in [6, 6.07) is 12.9. The van der Waals surface area contributed by atoms with E-state index in [2.05, 4.69) is 20.6 Å². The number of carbonyl (C=O) groups excluding carboxylic acids is 1. The van der Waals surface area contributed by atoms with Crippen molar-refractivity contribution >= 4 is 34.9 Å². The molecular weight excluding hydrogens is 384 g/mol. The molecule has 0 bridgehead atoms. The summed E-state index contributed by atoms with van der Waals surface area (Å²) in [5.41, 5.74) is 1.60. The Morgan fingerprint density at radius 2 is 2.11 bits per heavy atom. The summed E-state index contributed by atoms with van der Waals surface area (Å²) in [6.07, 6.45) is 1.47. The summed E-state index contributed by atoms with van der Waals surface area (Å²) in [5.74, 6) is 0.193. The van der Waals surface area contributed by atoms with E-state index in [4.69, 9.17) is 4.42 Å². The van der Waals surface area contributed by atoms with Crippen LogP contribution < -0.4 is 5.32 Å². The molecule has 0 saturated heterocycles. The third kappa shape index (κ3) is 3.69. The first-order chi connectivity index (χ1) is 13.6. The number of nitro benzene ring substituents is 1. The number of benzene rings is 1. The van der Waals surface area contributed by atoms with E-state index in [1.807, 2.05) is 0 Å². The summed E-state index contributed by atoms with van der Waals surface area (Å²) in [7, 11) is 0. The first-order valence-corrected chi connectivity index (χ1v) is 9.02. The van der Waals surface area contributed by atoms with E-state index in [0.29, 0.717) is 27.9 Å². The molecule has 0 radical (unpaired) electrons. The molecule has 0 aliphatic rings. The number of aromatic nitrogens is 4. The topological polar surface area (TPSA) is 128 Å². The van der Waals surface area contributed by atoms with Crippen LogP contribution in [-0.2, 0) is 4.79 Å². The fourth-order valence-corrected chi connectivity index (χ4v) is 3.13. The van der Waals surface area contributed by atoms with Gasteiger partial charge in [-0.3, -0.25) is 20.2 Å². The van der Waals surface area contributed by atoms with Crippen LogP contribution in [0.3, 0.4) is 0 Å². The molecule has 1 amide bonds. The number of thioether (sulfide) groups is 1. The van der Waals surface area contributed by atoms with Crippen molar-refractivity contribution in [1.82, 2.24) is 19.8 Å².